The van der Waals surface area contributed by atoms with Crippen LogP contribution in [0.1, 0.15) is 36.7 Å². The third kappa shape index (κ3) is 4.57. The van der Waals surface area contributed by atoms with Crippen LogP contribution >= 0.6 is 0 Å². The molecule has 1 aromatic rings. The van der Waals surface area contributed by atoms with Crippen molar-refractivity contribution in [2.24, 2.45) is 5.41 Å². The summed E-state index contributed by atoms with van der Waals surface area (Å²) in [5.41, 5.74) is 7.24. The number of nitrogen functional groups attached to an aromatic ring is 1. The van der Waals surface area contributed by atoms with Gasteiger partial charge in [-0.2, -0.15) is 0 Å². The maximum atomic E-state index is 12.0. The van der Waals surface area contributed by atoms with Crippen molar-refractivity contribution in [2.75, 3.05) is 18.8 Å². The molecule has 0 saturated heterocycles. The van der Waals surface area contributed by atoms with Gasteiger partial charge in [-0.15, -0.1) is 0 Å². The van der Waals surface area contributed by atoms with Crippen molar-refractivity contribution in [3.8, 4) is 0 Å². The van der Waals surface area contributed by atoms with Crippen molar-refractivity contribution >= 4 is 17.5 Å². The molecule has 110 valence electrons. The van der Waals surface area contributed by atoms with E-state index in [1.54, 1.807) is 12.1 Å². The molecule has 1 rings (SSSR count). The minimum Gasteiger partial charge on any atom is -0.399 e. The number of nitrogens with two attached hydrogens (primary N) is 1. The second kappa shape index (κ2) is 6.41. The Kier molecular flexibility index (Phi) is 5.13. The number of hydrogen-bond donors (Lipinski definition) is 3. The maximum absolute atomic E-state index is 12.0. The summed E-state index contributed by atoms with van der Waals surface area (Å²) in [6.45, 7) is 8.18. The lowest BCUT2D eigenvalue weighted by atomic mass is 9.96. The molecule has 0 aliphatic heterocycles. The minimum absolute atomic E-state index is 0.0353. The normalized spacial score (nSPS) is 11.0. The van der Waals surface area contributed by atoms with Gasteiger partial charge in [0.05, 0.1) is 0 Å². The first kappa shape index (κ1) is 16.0. The lowest BCUT2D eigenvalue weighted by Crippen LogP contribution is -2.40. The molecule has 0 unspecified atom stereocenters. The molecule has 0 saturated carbocycles. The number of aryl methyl sites for hydroxylation is 1. The number of carbonyl (C=O) groups excluding carboxylic acids is 2. The highest BCUT2D eigenvalue weighted by Gasteiger charge is 2.20. The van der Waals surface area contributed by atoms with Gasteiger partial charge in [0.2, 0.25) is 5.91 Å². The van der Waals surface area contributed by atoms with Gasteiger partial charge >= 0.3 is 0 Å². The predicted molar refractivity (Wildman–Crippen MR) is 80.4 cm³/mol. The third-order valence-corrected chi connectivity index (χ3v) is 2.88. The van der Waals surface area contributed by atoms with Crippen molar-refractivity contribution in [2.45, 2.75) is 27.7 Å². The van der Waals surface area contributed by atoms with Gasteiger partial charge < -0.3 is 16.4 Å². The summed E-state index contributed by atoms with van der Waals surface area (Å²) in [7, 11) is 0. The van der Waals surface area contributed by atoms with Crippen LogP contribution in [0.5, 0.6) is 0 Å². The van der Waals surface area contributed by atoms with Crippen LogP contribution in [-0.4, -0.2) is 24.9 Å². The molecule has 4 N–H and O–H groups in total. The van der Waals surface area contributed by atoms with Crippen LogP contribution in [0.4, 0.5) is 5.69 Å². The summed E-state index contributed by atoms with van der Waals surface area (Å²) < 4.78 is 0. The predicted octanol–water partition coefficient (Wildman–Crippen LogP) is 1.47. The molecule has 0 aromatic heterocycles. The van der Waals surface area contributed by atoms with E-state index in [9.17, 15) is 9.59 Å². The van der Waals surface area contributed by atoms with Gasteiger partial charge in [0.25, 0.3) is 5.91 Å². The van der Waals surface area contributed by atoms with E-state index < -0.39 is 5.41 Å². The fourth-order valence-electron chi connectivity index (χ4n) is 1.60. The van der Waals surface area contributed by atoms with Gasteiger partial charge in [-0.3, -0.25) is 9.59 Å². The third-order valence-electron chi connectivity index (χ3n) is 2.88. The fraction of sp³-hybridized carbons (Fsp3) is 0.467. The van der Waals surface area contributed by atoms with E-state index in [-0.39, 0.29) is 11.8 Å². The van der Waals surface area contributed by atoms with Crippen LogP contribution in [0.25, 0.3) is 0 Å². The molecule has 0 spiro atoms. The summed E-state index contributed by atoms with van der Waals surface area (Å²) in [6, 6.07) is 5.22. The average molecular weight is 277 g/mol. The number of nitrogens with one attached hydrogen (secondary N) is 2. The largest absolute Gasteiger partial charge is 0.399 e. The van der Waals surface area contributed by atoms with E-state index in [2.05, 4.69) is 10.6 Å². The minimum atomic E-state index is -0.422. The number of carbonyl (C=O) groups is 2. The first-order chi connectivity index (χ1) is 9.21. The van der Waals surface area contributed by atoms with E-state index in [0.29, 0.717) is 24.3 Å². The second-order valence-corrected chi connectivity index (χ2v) is 5.84. The summed E-state index contributed by atoms with van der Waals surface area (Å²) >= 11 is 0. The van der Waals surface area contributed by atoms with Crippen LogP contribution in [0.2, 0.25) is 0 Å². The first-order valence-corrected chi connectivity index (χ1v) is 6.64. The van der Waals surface area contributed by atoms with Gasteiger partial charge in [-0.25, -0.2) is 0 Å². The number of hydrogen-bond acceptors (Lipinski definition) is 3. The molecular formula is C15H23N3O2. The summed E-state index contributed by atoms with van der Waals surface area (Å²) in [4.78, 5) is 23.6. The number of benzene rings is 1. The Labute approximate surface area is 119 Å². The Morgan fingerprint density at radius 2 is 1.75 bits per heavy atom. The molecule has 20 heavy (non-hydrogen) atoms. The molecule has 5 nitrogen and oxygen atoms in total. The fourth-order valence-corrected chi connectivity index (χ4v) is 1.60. The first-order valence-electron chi connectivity index (χ1n) is 6.64. The Balaban J connectivity index is 2.45. The van der Waals surface area contributed by atoms with Crippen molar-refractivity contribution in [1.82, 2.24) is 10.6 Å². The van der Waals surface area contributed by atoms with E-state index in [1.165, 1.54) is 0 Å². The molecule has 0 fully saturated rings. The zero-order valence-electron chi connectivity index (χ0n) is 12.5. The van der Waals surface area contributed by atoms with Crippen LogP contribution in [0.15, 0.2) is 18.2 Å². The van der Waals surface area contributed by atoms with Gasteiger partial charge in [-0.1, -0.05) is 26.8 Å². The van der Waals surface area contributed by atoms with Crippen LogP contribution < -0.4 is 16.4 Å². The molecule has 0 heterocycles. The highest BCUT2D eigenvalue weighted by atomic mass is 16.2. The van der Waals surface area contributed by atoms with E-state index in [4.69, 9.17) is 5.73 Å². The Hall–Kier alpha value is -2.04. The Morgan fingerprint density at radius 1 is 1.15 bits per heavy atom. The van der Waals surface area contributed by atoms with Crippen molar-refractivity contribution in [3.05, 3.63) is 29.3 Å². The topological polar surface area (TPSA) is 84.2 Å². The SMILES string of the molecule is Cc1ccc(N)cc1C(=O)NCCNC(=O)C(C)(C)C. The quantitative estimate of drug-likeness (QED) is 0.575. The molecule has 0 aliphatic rings. The van der Waals surface area contributed by atoms with Crippen molar-refractivity contribution < 1.29 is 9.59 Å². The van der Waals surface area contributed by atoms with E-state index in [0.717, 1.165) is 5.56 Å². The summed E-state index contributed by atoms with van der Waals surface area (Å²) in [6.07, 6.45) is 0. The number of anilines is 1. The van der Waals surface area contributed by atoms with Crippen LogP contribution in [-0.2, 0) is 4.79 Å². The van der Waals surface area contributed by atoms with Crippen LogP contribution in [0.3, 0.4) is 0 Å². The van der Waals surface area contributed by atoms with Gasteiger partial charge in [0, 0.05) is 29.8 Å². The molecule has 0 aliphatic carbocycles. The summed E-state index contributed by atoms with van der Waals surface area (Å²) in [5.74, 6) is -0.216. The van der Waals surface area contributed by atoms with Gasteiger partial charge in [0.15, 0.2) is 0 Å². The maximum Gasteiger partial charge on any atom is 0.251 e. The molecular weight excluding hydrogens is 254 g/mol. The average Bonchev–Trinajstić information content (AvgIpc) is 2.35. The second-order valence-electron chi connectivity index (χ2n) is 5.84. The lowest BCUT2D eigenvalue weighted by Gasteiger charge is -2.17. The monoisotopic (exact) mass is 277 g/mol. The molecule has 0 bridgehead atoms. The van der Waals surface area contributed by atoms with Gasteiger partial charge in [0.1, 0.15) is 0 Å². The lowest BCUT2D eigenvalue weighted by molar-refractivity contribution is -0.128. The van der Waals surface area contributed by atoms with E-state index >= 15 is 0 Å². The van der Waals surface area contributed by atoms with Crippen LogP contribution in [0, 0.1) is 12.3 Å². The Bertz CT molecular complexity index is 504. The standard InChI is InChI=1S/C15H23N3O2/c1-10-5-6-11(16)9-12(10)13(19)17-7-8-18-14(20)15(2,3)4/h5-6,9H,7-8,16H2,1-4H3,(H,17,19)(H,18,20). The van der Waals surface area contributed by atoms with E-state index in [1.807, 2.05) is 33.8 Å². The zero-order chi connectivity index (χ0) is 15.3. The molecule has 1 aromatic carbocycles. The molecule has 5 heteroatoms. The molecule has 0 radical (unpaired) electrons. The molecule has 0 atom stereocenters. The zero-order valence-corrected chi connectivity index (χ0v) is 12.5. The Morgan fingerprint density at radius 3 is 2.35 bits per heavy atom. The number of rotatable bonds is 4. The van der Waals surface area contributed by atoms with Gasteiger partial charge in [-0.05, 0) is 24.6 Å². The van der Waals surface area contributed by atoms with Crippen molar-refractivity contribution in [3.63, 3.8) is 0 Å². The molecule has 2 amide bonds. The van der Waals surface area contributed by atoms with Crippen molar-refractivity contribution in [1.29, 1.82) is 0 Å². The number of amides is 2. The smallest absolute Gasteiger partial charge is 0.251 e. The highest BCUT2D eigenvalue weighted by molar-refractivity contribution is 5.96. The highest BCUT2D eigenvalue weighted by Crippen LogP contribution is 2.13. The summed E-state index contributed by atoms with van der Waals surface area (Å²) in [5, 5.41) is 5.54.